The Balaban J connectivity index is 1.89. The van der Waals surface area contributed by atoms with E-state index in [4.69, 9.17) is 4.74 Å². The third-order valence-electron chi connectivity index (χ3n) is 5.61. The van der Waals surface area contributed by atoms with Gasteiger partial charge in [0.1, 0.15) is 23.9 Å². The molecular formula is C24H27F5N4O3. The van der Waals surface area contributed by atoms with Crippen molar-refractivity contribution in [3.05, 3.63) is 58.7 Å². The van der Waals surface area contributed by atoms with E-state index in [0.717, 1.165) is 12.1 Å². The van der Waals surface area contributed by atoms with Crippen molar-refractivity contribution in [3.8, 4) is 5.88 Å². The number of amides is 1. The Kier molecular flexibility index (Phi) is 7.87. The second-order valence-electron chi connectivity index (χ2n) is 9.10. The number of halogens is 5. The number of benzene rings is 1. The van der Waals surface area contributed by atoms with Gasteiger partial charge < -0.3 is 15.2 Å². The Morgan fingerprint density at radius 2 is 1.81 bits per heavy atom. The summed E-state index contributed by atoms with van der Waals surface area (Å²) in [5.41, 5.74) is -0.967. The number of aliphatic hydroxyl groups is 1. The molecule has 0 aliphatic heterocycles. The maximum absolute atomic E-state index is 14.0. The summed E-state index contributed by atoms with van der Waals surface area (Å²) in [4.78, 5) is 21.7. The summed E-state index contributed by atoms with van der Waals surface area (Å²) in [7, 11) is 0. The molecule has 2 aromatic heterocycles. The standard InChI is InChI=1S/C24H27F5N4O3/c1-13-11-33-19(21(34)32-18(23(3,4)35)9-6-10-24(27,28)29)14(2)31-20(33)22(30-13)36-12-15-16(25)7-5-8-17(15)26/h5,7-8,11,18,35H,6,9-10,12H2,1-4H3,(H,32,34). The van der Waals surface area contributed by atoms with Crippen LogP contribution >= 0.6 is 0 Å². The molecule has 1 amide bonds. The van der Waals surface area contributed by atoms with Crippen LogP contribution in [-0.4, -0.2) is 43.2 Å². The van der Waals surface area contributed by atoms with Gasteiger partial charge in [-0.15, -0.1) is 0 Å². The van der Waals surface area contributed by atoms with Crippen molar-refractivity contribution in [2.24, 2.45) is 0 Å². The molecule has 0 bridgehead atoms. The predicted molar refractivity (Wildman–Crippen MR) is 121 cm³/mol. The maximum atomic E-state index is 14.0. The van der Waals surface area contributed by atoms with Crippen molar-refractivity contribution in [2.45, 2.75) is 71.4 Å². The summed E-state index contributed by atoms with van der Waals surface area (Å²) in [6, 6.07) is 2.44. The van der Waals surface area contributed by atoms with Gasteiger partial charge in [-0.3, -0.25) is 9.20 Å². The molecule has 0 spiro atoms. The third kappa shape index (κ3) is 6.48. The van der Waals surface area contributed by atoms with E-state index in [9.17, 15) is 31.9 Å². The number of aromatic nitrogens is 3. The molecule has 3 rings (SSSR count). The first-order chi connectivity index (χ1) is 16.7. The van der Waals surface area contributed by atoms with Crippen LogP contribution in [0, 0.1) is 25.5 Å². The molecule has 1 aromatic carbocycles. The average molecular weight is 514 g/mol. The van der Waals surface area contributed by atoms with Crippen molar-refractivity contribution in [2.75, 3.05) is 0 Å². The van der Waals surface area contributed by atoms with E-state index in [2.05, 4.69) is 15.3 Å². The molecule has 196 valence electrons. The van der Waals surface area contributed by atoms with E-state index in [0.29, 0.717) is 5.69 Å². The van der Waals surface area contributed by atoms with Gasteiger partial charge >= 0.3 is 6.18 Å². The summed E-state index contributed by atoms with van der Waals surface area (Å²) in [5.74, 6) is -2.32. The second-order valence-corrected chi connectivity index (χ2v) is 9.10. The fourth-order valence-corrected chi connectivity index (χ4v) is 3.76. The van der Waals surface area contributed by atoms with Crippen molar-refractivity contribution in [1.29, 1.82) is 0 Å². The quantitative estimate of drug-likeness (QED) is 0.401. The highest BCUT2D eigenvalue weighted by atomic mass is 19.4. The van der Waals surface area contributed by atoms with Crippen LogP contribution in [0.15, 0.2) is 24.4 Å². The first kappa shape index (κ1) is 27.3. The molecular weight excluding hydrogens is 487 g/mol. The highest BCUT2D eigenvalue weighted by Gasteiger charge is 2.33. The Labute approximate surface area is 204 Å². The molecule has 7 nitrogen and oxygen atoms in total. The number of nitrogens with zero attached hydrogens (tertiary/aromatic N) is 3. The summed E-state index contributed by atoms with van der Waals surface area (Å²) < 4.78 is 72.7. The number of hydrogen-bond acceptors (Lipinski definition) is 5. The molecule has 36 heavy (non-hydrogen) atoms. The van der Waals surface area contributed by atoms with Gasteiger partial charge in [-0.05, 0) is 52.7 Å². The number of nitrogens with one attached hydrogen (secondary N) is 1. The topological polar surface area (TPSA) is 88.8 Å². The Hall–Kier alpha value is -3.28. The molecule has 0 aliphatic carbocycles. The molecule has 0 saturated carbocycles. The van der Waals surface area contributed by atoms with Gasteiger partial charge in [0.25, 0.3) is 11.8 Å². The van der Waals surface area contributed by atoms with Gasteiger partial charge in [-0.2, -0.15) is 13.2 Å². The molecule has 0 aliphatic rings. The van der Waals surface area contributed by atoms with E-state index in [1.54, 1.807) is 13.8 Å². The number of alkyl halides is 3. The van der Waals surface area contributed by atoms with Crippen molar-refractivity contribution in [3.63, 3.8) is 0 Å². The van der Waals surface area contributed by atoms with E-state index < -0.39 is 48.4 Å². The molecule has 1 atom stereocenters. The molecule has 2 N–H and O–H groups in total. The predicted octanol–water partition coefficient (Wildman–Crippen LogP) is 4.81. The summed E-state index contributed by atoms with van der Waals surface area (Å²) in [6.45, 7) is 5.48. The maximum Gasteiger partial charge on any atom is 0.389 e. The monoisotopic (exact) mass is 514 g/mol. The Morgan fingerprint density at radius 3 is 2.39 bits per heavy atom. The SMILES string of the molecule is Cc1cn2c(C(=O)NC(CCCC(F)(F)F)C(C)(C)O)c(C)nc2c(OCc2c(F)cccc2F)n1. The van der Waals surface area contributed by atoms with Crippen LogP contribution in [-0.2, 0) is 6.61 Å². The highest BCUT2D eigenvalue weighted by molar-refractivity contribution is 5.95. The van der Waals surface area contributed by atoms with Crippen LogP contribution in [0.2, 0.25) is 0 Å². The lowest BCUT2D eigenvalue weighted by molar-refractivity contribution is -0.136. The minimum Gasteiger partial charge on any atom is -0.470 e. The minimum atomic E-state index is -4.35. The molecule has 2 heterocycles. The second kappa shape index (κ2) is 10.4. The molecule has 1 unspecified atom stereocenters. The van der Waals surface area contributed by atoms with Crippen molar-refractivity contribution < 1.29 is 36.6 Å². The highest BCUT2D eigenvalue weighted by Crippen LogP contribution is 2.26. The fourth-order valence-electron chi connectivity index (χ4n) is 3.76. The van der Waals surface area contributed by atoms with E-state index >= 15 is 0 Å². The molecule has 3 aromatic rings. The Bertz CT molecular complexity index is 1230. The van der Waals surface area contributed by atoms with Gasteiger partial charge in [-0.25, -0.2) is 18.7 Å². The van der Waals surface area contributed by atoms with Gasteiger partial charge in [0.05, 0.1) is 28.6 Å². The molecule has 12 heteroatoms. The number of hydrogen-bond donors (Lipinski definition) is 2. The van der Waals surface area contributed by atoms with Gasteiger partial charge in [0, 0.05) is 12.6 Å². The average Bonchev–Trinajstić information content (AvgIpc) is 3.06. The van der Waals surface area contributed by atoms with Gasteiger partial charge in [-0.1, -0.05) is 6.07 Å². The lowest BCUT2D eigenvalue weighted by Crippen LogP contribution is -2.49. The normalized spacial score (nSPS) is 13.2. The third-order valence-corrected chi connectivity index (χ3v) is 5.61. The molecule has 0 radical (unpaired) electrons. The lowest BCUT2D eigenvalue weighted by atomic mass is 9.93. The zero-order valence-electron chi connectivity index (χ0n) is 20.2. The molecule has 0 saturated heterocycles. The van der Waals surface area contributed by atoms with Crippen LogP contribution in [0.1, 0.15) is 60.5 Å². The largest absolute Gasteiger partial charge is 0.470 e. The van der Waals surface area contributed by atoms with Crippen LogP contribution in [0.4, 0.5) is 22.0 Å². The number of aryl methyl sites for hydroxylation is 2. The van der Waals surface area contributed by atoms with E-state index in [-0.39, 0.29) is 41.3 Å². The first-order valence-corrected chi connectivity index (χ1v) is 11.2. The van der Waals surface area contributed by atoms with Gasteiger partial charge in [0.15, 0.2) is 0 Å². The molecule has 0 fully saturated rings. The number of ether oxygens (including phenoxy) is 1. The van der Waals surface area contributed by atoms with Crippen LogP contribution < -0.4 is 10.1 Å². The van der Waals surface area contributed by atoms with Crippen LogP contribution in [0.5, 0.6) is 5.88 Å². The minimum absolute atomic E-state index is 0.0579. The van der Waals surface area contributed by atoms with Crippen molar-refractivity contribution >= 4 is 11.6 Å². The summed E-state index contributed by atoms with van der Waals surface area (Å²) >= 11 is 0. The number of imidazole rings is 1. The fraction of sp³-hybridized carbons (Fsp3) is 0.458. The first-order valence-electron chi connectivity index (χ1n) is 11.2. The number of fused-ring (bicyclic) bond motifs is 1. The smallest absolute Gasteiger partial charge is 0.389 e. The summed E-state index contributed by atoms with van der Waals surface area (Å²) in [6.07, 6.45) is -4.27. The van der Waals surface area contributed by atoms with E-state index in [1.165, 1.54) is 30.5 Å². The lowest BCUT2D eigenvalue weighted by Gasteiger charge is -2.30. The Morgan fingerprint density at radius 1 is 1.17 bits per heavy atom. The summed E-state index contributed by atoms with van der Waals surface area (Å²) in [5, 5.41) is 13.1. The van der Waals surface area contributed by atoms with Crippen molar-refractivity contribution in [1.82, 2.24) is 19.7 Å². The zero-order valence-corrected chi connectivity index (χ0v) is 20.2. The zero-order chi connectivity index (χ0) is 26.8. The van der Waals surface area contributed by atoms with E-state index in [1.807, 2.05) is 0 Å². The van der Waals surface area contributed by atoms with Crippen LogP contribution in [0.25, 0.3) is 5.65 Å². The number of rotatable bonds is 9. The van der Waals surface area contributed by atoms with Crippen LogP contribution in [0.3, 0.4) is 0 Å². The number of carbonyl (C=O) groups excluding carboxylic acids is 1. The van der Waals surface area contributed by atoms with Gasteiger partial charge in [0.2, 0.25) is 5.65 Å². The number of carbonyl (C=O) groups is 1.